The second-order valence-corrected chi connectivity index (χ2v) is 10.8. The molecule has 2 aromatic heterocycles. The lowest BCUT2D eigenvalue weighted by molar-refractivity contribution is 0.991. The van der Waals surface area contributed by atoms with Crippen molar-refractivity contribution in [3.05, 3.63) is 151 Å². The quantitative estimate of drug-likeness (QED) is 0.210. The van der Waals surface area contributed by atoms with Crippen LogP contribution in [0.4, 0.5) is 0 Å². The molecule has 4 nitrogen and oxygen atoms in total. The Morgan fingerprint density at radius 2 is 1.20 bits per heavy atom. The van der Waals surface area contributed by atoms with Crippen LogP contribution in [0.3, 0.4) is 0 Å². The van der Waals surface area contributed by atoms with E-state index in [9.17, 15) is 0 Å². The third-order valence-electron chi connectivity index (χ3n) is 8.17. The van der Waals surface area contributed by atoms with Crippen molar-refractivity contribution in [1.82, 2.24) is 19.9 Å². The third-order valence-corrected chi connectivity index (χ3v) is 8.17. The summed E-state index contributed by atoms with van der Waals surface area (Å²) in [6, 6.07) is 43.2. The van der Waals surface area contributed by atoms with Gasteiger partial charge in [0, 0.05) is 34.6 Å². The molecular formula is C40H26N4. The van der Waals surface area contributed by atoms with Crippen LogP contribution in [-0.4, -0.2) is 19.9 Å². The van der Waals surface area contributed by atoms with Gasteiger partial charge in [-0.25, -0.2) is 15.0 Å². The minimum atomic E-state index is 0.611. The van der Waals surface area contributed by atoms with Crippen LogP contribution in [0.15, 0.2) is 128 Å². The molecule has 0 unspecified atom stereocenters. The zero-order valence-corrected chi connectivity index (χ0v) is 23.9. The van der Waals surface area contributed by atoms with Crippen LogP contribution in [0.5, 0.6) is 0 Å². The Morgan fingerprint density at radius 3 is 1.91 bits per heavy atom. The first kappa shape index (κ1) is 25.8. The van der Waals surface area contributed by atoms with E-state index in [1.54, 1.807) is 0 Å². The number of allylic oxidation sites excluding steroid dienone is 1. The second-order valence-electron chi connectivity index (χ2n) is 10.8. The van der Waals surface area contributed by atoms with Crippen LogP contribution in [-0.2, 0) is 6.42 Å². The minimum Gasteiger partial charge on any atom is -0.264 e. The lowest BCUT2D eigenvalue weighted by Gasteiger charge is -2.23. The molecule has 0 N–H and O–H groups in total. The molecule has 206 valence electrons. The van der Waals surface area contributed by atoms with Crippen molar-refractivity contribution in [2.45, 2.75) is 12.8 Å². The van der Waals surface area contributed by atoms with E-state index in [2.05, 4.69) is 83.9 Å². The number of nitrogens with zero attached hydrogens (tertiary/aromatic N) is 4. The van der Waals surface area contributed by atoms with Gasteiger partial charge >= 0.3 is 0 Å². The smallest absolute Gasteiger partial charge is 0.164 e. The van der Waals surface area contributed by atoms with Crippen molar-refractivity contribution >= 4 is 16.8 Å². The average Bonchev–Trinajstić information content (AvgIpc) is 3.11. The predicted molar refractivity (Wildman–Crippen MR) is 177 cm³/mol. The molecule has 0 amide bonds. The van der Waals surface area contributed by atoms with Gasteiger partial charge in [-0.2, -0.15) is 0 Å². The average molecular weight is 563 g/mol. The van der Waals surface area contributed by atoms with Gasteiger partial charge in [0.25, 0.3) is 0 Å². The minimum absolute atomic E-state index is 0.611. The summed E-state index contributed by atoms with van der Waals surface area (Å²) >= 11 is 0. The molecule has 8 rings (SSSR count). The Balaban J connectivity index is 1.28. The Hall–Kier alpha value is -5.92. The third kappa shape index (κ3) is 4.62. The SMILES string of the molecule is c1ccc(-c2nc(-c3ccccc3)nc(-c3ccc(-c4c5c(c(-c6cccnc6)c6ccccc46)CCC=C5)cc3)n2)cc#1. The van der Waals surface area contributed by atoms with Gasteiger partial charge < -0.3 is 0 Å². The summed E-state index contributed by atoms with van der Waals surface area (Å²) in [7, 11) is 0. The Labute approximate surface area is 256 Å². The van der Waals surface area contributed by atoms with E-state index in [4.69, 9.17) is 15.0 Å². The highest BCUT2D eigenvalue weighted by molar-refractivity contribution is 6.10. The first-order valence-corrected chi connectivity index (χ1v) is 14.8. The molecule has 0 atom stereocenters. The molecule has 0 bridgehead atoms. The molecule has 4 heteroatoms. The molecule has 0 radical (unpaired) electrons. The fourth-order valence-corrected chi connectivity index (χ4v) is 6.16. The van der Waals surface area contributed by atoms with E-state index >= 15 is 0 Å². The van der Waals surface area contributed by atoms with E-state index in [-0.39, 0.29) is 0 Å². The Kier molecular flexibility index (Phi) is 6.47. The fraction of sp³-hybridized carbons (Fsp3) is 0.0500. The number of fused-ring (bicyclic) bond motifs is 2. The molecule has 44 heavy (non-hydrogen) atoms. The topological polar surface area (TPSA) is 51.6 Å². The number of benzene rings is 4. The summed E-state index contributed by atoms with van der Waals surface area (Å²) in [6.07, 6.45) is 10.4. The second kappa shape index (κ2) is 11.1. The van der Waals surface area contributed by atoms with Crippen LogP contribution in [0.1, 0.15) is 17.5 Å². The first-order valence-electron chi connectivity index (χ1n) is 14.8. The standard InChI is InChI=1S/C40H26N4/c1-3-12-28(13-4-1)38-42-39(29-14-5-2-6-15-29)44-40(43-38)30-23-21-27(22-24-30)36-32-17-7-9-19-34(32)37(31-16-11-25-41-26-31)35-20-10-8-18-33(35)36/h1,3-5,7-9,11-19,21-26H,10,20H2. The predicted octanol–water partition coefficient (Wildman–Crippen LogP) is 9.31. The van der Waals surface area contributed by atoms with Gasteiger partial charge in [0.15, 0.2) is 17.5 Å². The summed E-state index contributed by atoms with van der Waals surface area (Å²) in [5.74, 6) is 1.88. The highest BCUT2D eigenvalue weighted by Crippen LogP contribution is 2.44. The molecule has 5 aromatic carbocycles. The van der Waals surface area contributed by atoms with Crippen molar-refractivity contribution in [3.8, 4) is 56.4 Å². The summed E-state index contributed by atoms with van der Waals surface area (Å²) in [4.78, 5) is 19.1. The van der Waals surface area contributed by atoms with Gasteiger partial charge in [-0.05, 0) is 75.7 Å². The molecular weight excluding hydrogens is 536 g/mol. The maximum atomic E-state index is 4.91. The Bertz CT molecular complexity index is 2080. The van der Waals surface area contributed by atoms with E-state index in [0.29, 0.717) is 17.5 Å². The largest absolute Gasteiger partial charge is 0.264 e. The highest BCUT2D eigenvalue weighted by Gasteiger charge is 2.22. The zero-order chi connectivity index (χ0) is 29.3. The van der Waals surface area contributed by atoms with Crippen molar-refractivity contribution in [2.75, 3.05) is 0 Å². The van der Waals surface area contributed by atoms with Crippen molar-refractivity contribution in [2.24, 2.45) is 0 Å². The Morgan fingerprint density at radius 1 is 0.545 bits per heavy atom. The van der Waals surface area contributed by atoms with Gasteiger partial charge in [-0.15, -0.1) is 0 Å². The van der Waals surface area contributed by atoms with Crippen molar-refractivity contribution < 1.29 is 0 Å². The van der Waals surface area contributed by atoms with Gasteiger partial charge in [-0.3, -0.25) is 4.98 Å². The van der Waals surface area contributed by atoms with Crippen LogP contribution in [0.2, 0.25) is 0 Å². The molecule has 0 fully saturated rings. The molecule has 0 saturated carbocycles. The van der Waals surface area contributed by atoms with Crippen molar-refractivity contribution in [3.63, 3.8) is 0 Å². The van der Waals surface area contributed by atoms with E-state index in [0.717, 1.165) is 40.7 Å². The lowest BCUT2D eigenvalue weighted by Crippen LogP contribution is -2.03. The highest BCUT2D eigenvalue weighted by atomic mass is 15.0. The summed E-state index contributed by atoms with van der Waals surface area (Å²) < 4.78 is 0. The number of pyridine rings is 1. The molecule has 0 saturated heterocycles. The van der Waals surface area contributed by atoms with Crippen LogP contribution in [0.25, 0.3) is 73.3 Å². The summed E-state index contributed by atoms with van der Waals surface area (Å²) in [5, 5.41) is 2.48. The van der Waals surface area contributed by atoms with E-state index in [1.165, 1.54) is 33.0 Å². The van der Waals surface area contributed by atoms with E-state index < -0.39 is 0 Å². The summed E-state index contributed by atoms with van der Waals surface area (Å²) in [5.41, 5.74) is 10.3. The number of aromatic nitrogens is 4. The number of hydrogen-bond donors (Lipinski definition) is 0. The maximum absolute atomic E-state index is 4.91. The van der Waals surface area contributed by atoms with Gasteiger partial charge in [0.1, 0.15) is 0 Å². The number of hydrogen-bond acceptors (Lipinski definition) is 4. The monoisotopic (exact) mass is 562 g/mol. The zero-order valence-electron chi connectivity index (χ0n) is 23.9. The number of rotatable bonds is 5. The molecule has 2 heterocycles. The fourth-order valence-electron chi connectivity index (χ4n) is 6.16. The maximum Gasteiger partial charge on any atom is 0.164 e. The van der Waals surface area contributed by atoms with Gasteiger partial charge in [0.05, 0.1) is 0 Å². The lowest BCUT2D eigenvalue weighted by atomic mass is 9.80. The van der Waals surface area contributed by atoms with Gasteiger partial charge in [-0.1, -0.05) is 109 Å². The normalized spacial score (nSPS) is 12.1. The van der Waals surface area contributed by atoms with Crippen LogP contribution in [0, 0.1) is 12.1 Å². The molecule has 0 aliphatic heterocycles. The van der Waals surface area contributed by atoms with Crippen LogP contribution >= 0.6 is 0 Å². The molecule has 7 aromatic rings. The molecule has 1 aliphatic carbocycles. The van der Waals surface area contributed by atoms with Gasteiger partial charge in [0.2, 0.25) is 0 Å². The first-order chi connectivity index (χ1) is 21.8. The van der Waals surface area contributed by atoms with Crippen molar-refractivity contribution in [1.29, 1.82) is 0 Å². The van der Waals surface area contributed by atoms with Crippen LogP contribution < -0.4 is 0 Å². The molecule has 0 spiro atoms. The van der Waals surface area contributed by atoms with E-state index in [1.807, 2.05) is 67.0 Å². The summed E-state index contributed by atoms with van der Waals surface area (Å²) in [6.45, 7) is 0. The molecule has 1 aliphatic rings.